The van der Waals surface area contributed by atoms with Gasteiger partial charge in [0.1, 0.15) is 12.6 Å². The summed E-state index contributed by atoms with van der Waals surface area (Å²) >= 11 is 24.5. The molecule has 1 N–H and O–H groups in total. The van der Waals surface area contributed by atoms with E-state index in [0.29, 0.717) is 22.2 Å². The van der Waals surface area contributed by atoms with E-state index >= 15 is 0 Å². The Morgan fingerprint density at radius 2 is 1.61 bits per heavy atom. The number of nitrogens with zero attached hydrogens (tertiary/aromatic N) is 2. The Morgan fingerprint density at radius 3 is 2.12 bits per heavy atom. The fourth-order valence-electron chi connectivity index (χ4n) is 3.01. The lowest BCUT2D eigenvalue weighted by atomic mass is 10.1. The Morgan fingerprint density at radius 1 is 1.00 bits per heavy atom. The van der Waals surface area contributed by atoms with Gasteiger partial charge in [-0.1, -0.05) is 52.5 Å². The molecule has 0 aliphatic rings. The van der Waals surface area contributed by atoms with Crippen molar-refractivity contribution in [2.45, 2.75) is 26.4 Å². The summed E-state index contributed by atoms with van der Waals surface area (Å²) in [4.78, 5) is 27.2. The van der Waals surface area contributed by atoms with Gasteiger partial charge in [0.15, 0.2) is 0 Å². The minimum atomic E-state index is -3.89. The van der Waals surface area contributed by atoms with Crippen LogP contribution >= 0.6 is 46.4 Å². The smallest absolute Gasteiger partial charge is 0.244 e. The summed E-state index contributed by atoms with van der Waals surface area (Å²) in [5.74, 6) is -1.05. The van der Waals surface area contributed by atoms with E-state index in [2.05, 4.69) is 5.32 Å². The number of halogens is 4. The van der Waals surface area contributed by atoms with E-state index in [-0.39, 0.29) is 22.3 Å². The third-order valence-electron chi connectivity index (χ3n) is 4.78. The Hall–Kier alpha value is -1.71. The summed E-state index contributed by atoms with van der Waals surface area (Å²) < 4.78 is 25.9. The van der Waals surface area contributed by atoms with Crippen LogP contribution in [0.4, 0.5) is 5.69 Å². The molecular formula is C21H23Cl4N3O4S. The number of carbonyl (C=O) groups excluding carboxylic acids is 2. The number of amides is 2. The molecule has 180 valence electrons. The highest BCUT2D eigenvalue weighted by Crippen LogP contribution is 2.29. The van der Waals surface area contributed by atoms with Crippen LogP contribution < -0.4 is 9.62 Å². The molecule has 2 rings (SSSR count). The molecule has 2 amide bonds. The van der Waals surface area contributed by atoms with Crippen LogP contribution in [0.3, 0.4) is 0 Å². The van der Waals surface area contributed by atoms with Crippen LogP contribution in [0.1, 0.15) is 19.4 Å². The summed E-state index contributed by atoms with van der Waals surface area (Å²) in [6, 6.07) is 8.16. The number of hydrogen-bond donors (Lipinski definition) is 1. The van der Waals surface area contributed by atoms with Gasteiger partial charge >= 0.3 is 0 Å². The van der Waals surface area contributed by atoms with E-state index in [4.69, 9.17) is 46.4 Å². The van der Waals surface area contributed by atoms with Gasteiger partial charge in [0.2, 0.25) is 21.8 Å². The third-order valence-corrected chi connectivity index (χ3v) is 7.37. The number of anilines is 1. The molecule has 2 aromatic rings. The molecule has 2 aromatic carbocycles. The van der Waals surface area contributed by atoms with Crippen LogP contribution in [0.25, 0.3) is 0 Å². The largest absolute Gasteiger partial charge is 0.355 e. The molecule has 1 atom stereocenters. The third kappa shape index (κ3) is 7.13. The SMILES string of the molecule is CCNC(=O)[C@@H](C)N(Cc1c(Cl)cccc1Cl)C(=O)CN(c1ccc(Cl)c(Cl)c1)S(C)(=O)=O. The predicted octanol–water partition coefficient (Wildman–Crippen LogP) is 4.62. The molecule has 0 saturated heterocycles. The zero-order valence-electron chi connectivity index (χ0n) is 18.1. The quantitative estimate of drug-likeness (QED) is 0.490. The number of hydrogen-bond acceptors (Lipinski definition) is 4. The van der Waals surface area contributed by atoms with Gasteiger partial charge in [-0.3, -0.25) is 13.9 Å². The van der Waals surface area contributed by atoms with Crippen LogP contribution in [-0.2, 0) is 26.2 Å². The molecule has 33 heavy (non-hydrogen) atoms. The van der Waals surface area contributed by atoms with Gasteiger partial charge in [0.05, 0.1) is 22.0 Å². The maximum Gasteiger partial charge on any atom is 0.244 e. The van der Waals surface area contributed by atoms with Crippen LogP contribution in [-0.4, -0.2) is 50.5 Å². The zero-order valence-corrected chi connectivity index (χ0v) is 22.0. The molecule has 0 saturated carbocycles. The second-order valence-corrected chi connectivity index (χ2v) is 10.7. The fraction of sp³-hybridized carbons (Fsp3) is 0.333. The van der Waals surface area contributed by atoms with Gasteiger partial charge < -0.3 is 10.2 Å². The first kappa shape index (κ1) is 27.5. The van der Waals surface area contributed by atoms with Crippen LogP contribution in [0.15, 0.2) is 36.4 Å². The predicted molar refractivity (Wildman–Crippen MR) is 134 cm³/mol. The maximum absolute atomic E-state index is 13.4. The van der Waals surface area contributed by atoms with Crippen molar-refractivity contribution < 1.29 is 18.0 Å². The number of likely N-dealkylation sites (N-methyl/N-ethyl adjacent to an activating group) is 1. The van der Waals surface area contributed by atoms with Gasteiger partial charge in [0.25, 0.3) is 0 Å². The second kappa shape index (κ2) is 11.6. The molecule has 0 unspecified atom stereocenters. The van der Waals surface area contributed by atoms with Crippen LogP contribution in [0.2, 0.25) is 20.1 Å². The zero-order chi connectivity index (χ0) is 24.9. The Kier molecular flexibility index (Phi) is 9.70. The first-order valence-electron chi connectivity index (χ1n) is 9.79. The van der Waals surface area contributed by atoms with Crippen LogP contribution in [0, 0.1) is 0 Å². The summed E-state index contributed by atoms with van der Waals surface area (Å²) in [5, 5.41) is 3.65. The Balaban J connectivity index is 2.46. The summed E-state index contributed by atoms with van der Waals surface area (Å²) in [7, 11) is -3.89. The van der Waals surface area contributed by atoms with E-state index in [1.54, 1.807) is 25.1 Å². The number of sulfonamides is 1. The van der Waals surface area contributed by atoms with E-state index in [1.807, 2.05) is 0 Å². The lowest BCUT2D eigenvalue weighted by Gasteiger charge is -2.32. The van der Waals surface area contributed by atoms with Crippen molar-refractivity contribution in [3.63, 3.8) is 0 Å². The highest BCUT2D eigenvalue weighted by atomic mass is 35.5. The molecule has 0 aliphatic carbocycles. The fourth-order valence-corrected chi connectivity index (χ4v) is 4.66. The minimum absolute atomic E-state index is 0.103. The molecule has 0 aliphatic heterocycles. The number of nitrogens with one attached hydrogen (secondary N) is 1. The van der Waals surface area contributed by atoms with Gasteiger partial charge in [-0.25, -0.2) is 8.42 Å². The summed E-state index contributed by atoms with van der Waals surface area (Å²) in [5.41, 5.74) is 0.590. The molecule has 0 fully saturated rings. The molecular weight excluding hydrogens is 532 g/mol. The highest BCUT2D eigenvalue weighted by molar-refractivity contribution is 7.92. The van der Waals surface area contributed by atoms with Crippen molar-refractivity contribution >= 4 is 73.9 Å². The lowest BCUT2D eigenvalue weighted by molar-refractivity contribution is -0.139. The van der Waals surface area contributed by atoms with E-state index < -0.39 is 34.4 Å². The first-order valence-corrected chi connectivity index (χ1v) is 13.2. The van der Waals surface area contributed by atoms with E-state index in [1.165, 1.54) is 30.0 Å². The van der Waals surface area contributed by atoms with Gasteiger partial charge in [0, 0.05) is 28.7 Å². The van der Waals surface area contributed by atoms with Crippen molar-refractivity contribution in [3.05, 3.63) is 62.1 Å². The number of benzene rings is 2. The van der Waals surface area contributed by atoms with Crippen molar-refractivity contribution in [1.29, 1.82) is 0 Å². The van der Waals surface area contributed by atoms with E-state index in [9.17, 15) is 18.0 Å². The molecule has 0 aromatic heterocycles. The lowest BCUT2D eigenvalue weighted by Crippen LogP contribution is -2.51. The molecule has 0 bridgehead atoms. The normalized spacial score (nSPS) is 12.2. The molecule has 0 heterocycles. The average molecular weight is 555 g/mol. The van der Waals surface area contributed by atoms with Gasteiger partial charge in [-0.05, 0) is 44.2 Å². The van der Waals surface area contributed by atoms with Crippen molar-refractivity contribution in [3.8, 4) is 0 Å². The molecule has 0 radical (unpaired) electrons. The minimum Gasteiger partial charge on any atom is -0.355 e. The summed E-state index contributed by atoms with van der Waals surface area (Å²) in [6.07, 6.45) is 0.964. The number of rotatable bonds is 9. The Labute approximate surface area is 213 Å². The Bertz CT molecular complexity index is 1120. The van der Waals surface area contributed by atoms with Gasteiger partial charge in [-0.2, -0.15) is 0 Å². The highest BCUT2D eigenvalue weighted by Gasteiger charge is 2.31. The van der Waals surface area contributed by atoms with Crippen molar-refractivity contribution in [2.24, 2.45) is 0 Å². The second-order valence-electron chi connectivity index (χ2n) is 7.16. The number of carbonyl (C=O) groups is 2. The standard InChI is InChI=1S/C21H23Cl4N3O4S/c1-4-26-21(30)13(2)27(11-15-16(22)6-5-7-17(15)23)20(29)12-28(33(3,31)32)14-8-9-18(24)19(25)10-14/h5-10,13H,4,11-12H2,1-3H3,(H,26,30)/t13-/m1/s1. The molecule has 0 spiro atoms. The monoisotopic (exact) mass is 553 g/mol. The average Bonchev–Trinajstić information content (AvgIpc) is 2.72. The van der Waals surface area contributed by atoms with Crippen LogP contribution in [0.5, 0.6) is 0 Å². The molecule has 12 heteroatoms. The first-order chi connectivity index (χ1) is 15.4. The topological polar surface area (TPSA) is 86.8 Å². The summed E-state index contributed by atoms with van der Waals surface area (Å²) in [6.45, 7) is 2.96. The van der Waals surface area contributed by atoms with E-state index in [0.717, 1.165) is 10.6 Å². The maximum atomic E-state index is 13.4. The van der Waals surface area contributed by atoms with Crippen molar-refractivity contribution in [2.75, 3.05) is 23.7 Å². The van der Waals surface area contributed by atoms with Crippen molar-refractivity contribution in [1.82, 2.24) is 10.2 Å². The molecule has 7 nitrogen and oxygen atoms in total. The van der Waals surface area contributed by atoms with Gasteiger partial charge in [-0.15, -0.1) is 0 Å².